The minimum Gasteiger partial charge on any atom is -0.484 e. The largest absolute Gasteiger partial charge is 0.484 e. The second-order valence-corrected chi connectivity index (χ2v) is 7.74. The fraction of sp³-hybridized carbons (Fsp3) is 0.318. The third-order valence-electron chi connectivity index (χ3n) is 5.05. The number of hydrogen-bond acceptors (Lipinski definition) is 5. The topological polar surface area (TPSA) is 84.9 Å². The lowest BCUT2D eigenvalue weighted by molar-refractivity contribution is -0.127. The first-order valence-electron chi connectivity index (χ1n) is 9.74. The Morgan fingerprint density at radius 3 is 2.77 bits per heavy atom. The number of fused-ring (bicyclic) bond motifs is 1. The lowest BCUT2D eigenvalue weighted by atomic mass is 10.1. The van der Waals surface area contributed by atoms with E-state index in [0.29, 0.717) is 27.8 Å². The summed E-state index contributed by atoms with van der Waals surface area (Å²) in [6.07, 6.45) is 1.91. The summed E-state index contributed by atoms with van der Waals surface area (Å²) in [6.45, 7) is 1.30. The molecule has 0 spiro atoms. The van der Waals surface area contributed by atoms with Gasteiger partial charge in [-0.25, -0.2) is 0 Å². The van der Waals surface area contributed by atoms with Crippen molar-refractivity contribution in [3.8, 4) is 11.5 Å². The van der Waals surface area contributed by atoms with Crippen LogP contribution in [-0.4, -0.2) is 42.9 Å². The van der Waals surface area contributed by atoms with Gasteiger partial charge in [-0.3, -0.25) is 19.3 Å². The SMILES string of the molecule is C[C@H](C(=O)NC1CC1)N1C(=O)COc2ccc(C(=O)COc3ccccc3Cl)cc21. The standard InChI is InChI=1S/C22H21ClN2O5/c1-13(22(28)24-15-7-8-15)25-17-10-14(6-9-20(17)30-12-21(25)27)18(26)11-29-19-5-3-2-4-16(19)23/h2-6,9-10,13,15H,7-8,11-12H2,1H3,(H,24,28)/t13-/m1/s1. The highest BCUT2D eigenvalue weighted by Gasteiger charge is 2.35. The molecule has 8 heteroatoms. The average molecular weight is 429 g/mol. The summed E-state index contributed by atoms with van der Waals surface area (Å²) in [4.78, 5) is 39.1. The molecule has 1 fully saturated rings. The van der Waals surface area contributed by atoms with Crippen LogP contribution in [-0.2, 0) is 9.59 Å². The quantitative estimate of drug-likeness (QED) is 0.685. The van der Waals surface area contributed by atoms with Crippen molar-refractivity contribution >= 4 is 34.9 Å². The summed E-state index contributed by atoms with van der Waals surface area (Å²) in [5.74, 6) is 0.0151. The summed E-state index contributed by atoms with van der Waals surface area (Å²) in [5, 5.41) is 3.32. The molecule has 1 N–H and O–H groups in total. The summed E-state index contributed by atoms with van der Waals surface area (Å²) in [6, 6.07) is 11.2. The number of benzene rings is 2. The van der Waals surface area contributed by atoms with Gasteiger partial charge in [-0.2, -0.15) is 0 Å². The highest BCUT2D eigenvalue weighted by atomic mass is 35.5. The highest BCUT2D eigenvalue weighted by Crippen LogP contribution is 2.35. The Balaban J connectivity index is 1.53. The van der Waals surface area contributed by atoms with E-state index < -0.39 is 6.04 Å². The lowest BCUT2D eigenvalue weighted by Gasteiger charge is -2.33. The first-order chi connectivity index (χ1) is 14.4. The van der Waals surface area contributed by atoms with Crippen LogP contribution in [0.2, 0.25) is 5.02 Å². The van der Waals surface area contributed by atoms with Crippen LogP contribution in [0.1, 0.15) is 30.1 Å². The number of carbonyl (C=O) groups is 3. The fourth-order valence-electron chi connectivity index (χ4n) is 3.22. The molecule has 1 saturated carbocycles. The summed E-state index contributed by atoms with van der Waals surface area (Å²) in [5.41, 5.74) is 0.743. The molecule has 1 aliphatic carbocycles. The molecule has 1 aliphatic heterocycles. The second-order valence-electron chi connectivity index (χ2n) is 7.34. The highest BCUT2D eigenvalue weighted by molar-refractivity contribution is 6.32. The summed E-state index contributed by atoms with van der Waals surface area (Å²) in [7, 11) is 0. The number of amides is 2. The first kappa shape index (κ1) is 20.2. The van der Waals surface area contributed by atoms with E-state index in [1.807, 2.05) is 0 Å². The third kappa shape index (κ3) is 4.26. The Hall–Kier alpha value is -3.06. The van der Waals surface area contributed by atoms with Crippen LogP contribution >= 0.6 is 11.6 Å². The van der Waals surface area contributed by atoms with Gasteiger partial charge < -0.3 is 14.8 Å². The molecule has 1 heterocycles. The first-order valence-corrected chi connectivity index (χ1v) is 10.1. The van der Waals surface area contributed by atoms with Gasteiger partial charge in [0.15, 0.2) is 19.0 Å². The van der Waals surface area contributed by atoms with Gasteiger partial charge in [0, 0.05) is 11.6 Å². The monoisotopic (exact) mass is 428 g/mol. The van der Waals surface area contributed by atoms with Crippen LogP contribution in [0.15, 0.2) is 42.5 Å². The molecule has 2 amide bonds. The van der Waals surface area contributed by atoms with Crippen molar-refractivity contribution in [1.29, 1.82) is 0 Å². The minimum atomic E-state index is -0.717. The molecule has 2 aromatic rings. The number of para-hydroxylation sites is 1. The number of anilines is 1. The van der Waals surface area contributed by atoms with E-state index in [0.717, 1.165) is 12.8 Å². The van der Waals surface area contributed by atoms with E-state index in [2.05, 4.69) is 5.32 Å². The molecule has 0 saturated heterocycles. The predicted octanol–water partition coefficient (Wildman–Crippen LogP) is 2.99. The number of nitrogens with one attached hydrogen (secondary N) is 1. The number of rotatable bonds is 7. The van der Waals surface area contributed by atoms with E-state index >= 15 is 0 Å². The predicted molar refractivity (Wildman–Crippen MR) is 111 cm³/mol. The fourth-order valence-corrected chi connectivity index (χ4v) is 3.41. The number of ketones is 1. The Bertz CT molecular complexity index is 1000. The van der Waals surface area contributed by atoms with Crippen LogP contribution in [0, 0.1) is 0 Å². The van der Waals surface area contributed by atoms with Crippen molar-refractivity contribution in [2.75, 3.05) is 18.1 Å². The van der Waals surface area contributed by atoms with E-state index in [4.69, 9.17) is 21.1 Å². The van der Waals surface area contributed by atoms with Crippen LogP contribution in [0.5, 0.6) is 11.5 Å². The van der Waals surface area contributed by atoms with Gasteiger partial charge in [0.1, 0.15) is 17.5 Å². The molecule has 30 heavy (non-hydrogen) atoms. The van der Waals surface area contributed by atoms with Crippen molar-refractivity contribution in [3.63, 3.8) is 0 Å². The number of halogens is 1. The zero-order chi connectivity index (χ0) is 21.3. The van der Waals surface area contributed by atoms with Crippen molar-refractivity contribution in [2.24, 2.45) is 0 Å². The van der Waals surface area contributed by atoms with Crippen LogP contribution in [0.3, 0.4) is 0 Å². The number of hydrogen-bond donors (Lipinski definition) is 1. The number of ether oxygens (including phenoxy) is 2. The number of Topliss-reactive ketones (excluding diaryl/α,β-unsaturated/α-hetero) is 1. The van der Waals surface area contributed by atoms with E-state index in [-0.39, 0.29) is 36.9 Å². The van der Waals surface area contributed by atoms with E-state index in [1.54, 1.807) is 49.4 Å². The van der Waals surface area contributed by atoms with Gasteiger partial charge in [-0.05, 0) is 50.1 Å². The molecule has 0 bridgehead atoms. The van der Waals surface area contributed by atoms with E-state index in [9.17, 15) is 14.4 Å². The van der Waals surface area contributed by atoms with Crippen LogP contribution in [0.25, 0.3) is 0 Å². The molecule has 0 radical (unpaired) electrons. The molecular weight excluding hydrogens is 408 g/mol. The van der Waals surface area contributed by atoms with Gasteiger partial charge in [-0.1, -0.05) is 23.7 Å². The Morgan fingerprint density at radius 1 is 1.27 bits per heavy atom. The van der Waals surface area contributed by atoms with Gasteiger partial charge >= 0.3 is 0 Å². The maximum atomic E-state index is 12.7. The molecule has 1 atom stereocenters. The minimum absolute atomic E-state index is 0.156. The van der Waals surface area contributed by atoms with Crippen LogP contribution < -0.4 is 19.7 Å². The normalized spacial score (nSPS) is 16.3. The maximum absolute atomic E-state index is 12.7. The van der Waals surface area contributed by atoms with Gasteiger partial charge in [0.05, 0.1) is 10.7 Å². The summed E-state index contributed by atoms with van der Waals surface area (Å²) < 4.78 is 11.0. The molecule has 4 rings (SSSR count). The molecule has 0 unspecified atom stereocenters. The van der Waals surface area contributed by atoms with Gasteiger partial charge in [0.25, 0.3) is 5.91 Å². The zero-order valence-electron chi connectivity index (χ0n) is 16.4. The summed E-state index contributed by atoms with van der Waals surface area (Å²) >= 11 is 6.05. The van der Waals surface area contributed by atoms with Crippen molar-refractivity contribution in [2.45, 2.75) is 31.8 Å². The molecule has 156 valence electrons. The Morgan fingerprint density at radius 2 is 2.03 bits per heavy atom. The number of nitrogens with zero attached hydrogens (tertiary/aromatic N) is 1. The molecule has 7 nitrogen and oxygen atoms in total. The van der Waals surface area contributed by atoms with Crippen molar-refractivity contribution in [3.05, 3.63) is 53.1 Å². The molecular formula is C22H21ClN2O5. The Kier molecular flexibility index (Phi) is 5.63. The molecule has 2 aliphatic rings. The molecule has 2 aromatic carbocycles. The second kappa shape index (κ2) is 8.36. The van der Waals surface area contributed by atoms with Crippen molar-refractivity contribution in [1.82, 2.24) is 5.32 Å². The molecule has 0 aromatic heterocycles. The smallest absolute Gasteiger partial charge is 0.265 e. The number of carbonyl (C=O) groups excluding carboxylic acids is 3. The third-order valence-corrected chi connectivity index (χ3v) is 5.36. The zero-order valence-corrected chi connectivity index (χ0v) is 17.1. The Labute approximate surface area is 178 Å². The van der Waals surface area contributed by atoms with Crippen molar-refractivity contribution < 1.29 is 23.9 Å². The maximum Gasteiger partial charge on any atom is 0.265 e. The van der Waals surface area contributed by atoms with Gasteiger partial charge in [-0.15, -0.1) is 0 Å². The van der Waals surface area contributed by atoms with Crippen LogP contribution in [0.4, 0.5) is 5.69 Å². The van der Waals surface area contributed by atoms with E-state index in [1.165, 1.54) is 4.90 Å². The lowest BCUT2D eigenvalue weighted by Crippen LogP contribution is -2.51. The van der Waals surface area contributed by atoms with Gasteiger partial charge in [0.2, 0.25) is 5.91 Å². The average Bonchev–Trinajstić information content (AvgIpc) is 3.56.